The summed E-state index contributed by atoms with van der Waals surface area (Å²) in [6, 6.07) is 18.4. The number of rotatable bonds is 6. The first-order valence-corrected chi connectivity index (χ1v) is 10.9. The summed E-state index contributed by atoms with van der Waals surface area (Å²) in [5.41, 5.74) is 3.06. The van der Waals surface area contributed by atoms with Gasteiger partial charge in [0.25, 0.3) is 5.91 Å². The zero-order valence-corrected chi connectivity index (χ0v) is 19.1. The largest absolute Gasteiger partial charge is 0.493 e. The van der Waals surface area contributed by atoms with E-state index in [1.54, 1.807) is 18.9 Å². The molecule has 172 valence electrons. The third-order valence-electron chi connectivity index (χ3n) is 6.04. The molecule has 2 amide bonds. The van der Waals surface area contributed by atoms with E-state index in [0.717, 1.165) is 27.6 Å². The molecule has 2 heterocycles. The number of aryl methyl sites for hydroxylation is 1. The van der Waals surface area contributed by atoms with Crippen molar-refractivity contribution in [2.75, 3.05) is 24.9 Å². The van der Waals surface area contributed by atoms with Crippen LogP contribution in [-0.2, 0) is 9.59 Å². The van der Waals surface area contributed by atoms with Crippen LogP contribution in [0.15, 0.2) is 60.7 Å². The van der Waals surface area contributed by atoms with Crippen molar-refractivity contribution in [2.45, 2.75) is 19.4 Å². The van der Waals surface area contributed by atoms with Gasteiger partial charge < -0.3 is 20.1 Å². The molecule has 0 aliphatic carbocycles. The van der Waals surface area contributed by atoms with E-state index in [1.165, 1.54) is 0 Å². The summed E-state index contributed by atoms with van der Waals surface area (Å²) in [5.74, 6) is 1.23. The average Bonchev–Trinajstić information content (AvgIpc) is 3.31. The molecule has 2 N–H and O–H groups in total. The van der Waals surface area contributed by atoms with Gasteiger partial charge in [-0.1, -0.05) is 42.5 Å². The van der Waals surface area contributed by atoms with Crippen molar-refractivity contribution in [1.82, 2.24) is 9.78 Å². The van der Waals surface area contributed by atoms with Crippen LogP contribution in [0.1, 0.15) is 18.2 Å². The van der Waals surface area contributed by atoms with Crippen LogP contribution in [0.3, 0.4) is 0 Å². The Bertz CT molecular complexity index is 1420. The molecule has 8 heteroatoms. The summed E-state index contributed by atoms with van der Waals surface area (Å²) in [6.07, 6.45) is -0.0332. The van der Waals surface area contributed by atoms with E-state index in [1.807, 2.05) is 67.6 Å². The SMILES string of the molecule is COc1ccc(-c2c(C)nn3c2NC(=O)C3CC(=O)Nc2cccc3ccccc23)cc1OC. The lowest BCUT2D eigenvalue weighted by atomic mass is 10.1. The highest BCUT2D eigenvalue weighted by Crippen LogP contribution is 2.41. The molecule has 3 aromatic carbocycles. The molecule has 34 heavy (non-hydrogen) atoms. The average molecular weight is 457 g/mol. The minimum Gasteiger partial charge on any atom is -0.493 e. The molecule has 0 saturated heterocycles. The first kappa shape index (κ1) is 21.5. The van der Waals surface area contributed by atoms with E-state index in [2.05, 4.69) is 15.7 Å². The Hall–Kier alpha value is -4.33. The number of benzene rings is 3. The van der Waals surface area contributed by atoms with Crippen molar-refractivity contribution in [3.63, 3.8) is 0 Å². The fraction of sp³-hybridized carbons (Fsp3) is 0.192. The minimum atomic E-state index is -0.738. The summed E-state index contributed by atoms with van der Waals surface area (Å²) < 4.78 is 12.4. The van der Waals surface area contributed by atoms with Crippen molar-refractivity contribution in [3.05, 3.63) is 66.4 Å². The van der Waals surface area contributed by atoms with Crippen LogP contribution in [0.2, 0.25) is 0 Å². The van der Waals surface area contributed by atoms with Gasteiger partial charge in [0.1, 0.15) is 11.9 Å². The van der Waals surface area contributed by atoms with E-state index in [9.17, 15) is 9.59 Å². The number of carbonyl (C=O) groups is 2. The minimum absolute atomic E-state index is 0.0332. The van der Waals surface area contributed by atoms with Gasteiger partial charge in [0.2, 0.25) is 5.91 Å². The number of hydrogen-bond acceptors (Lipinski definition) is 5. The summed E-state index contributed by atoms with van der Waals surface area (Å²) in [4.78, 5) is 25.7. The summed E-state index contributed by atoms with van der Waals surface area (Å²) in [7, 11) is 3.15. The van der Waals surface area contributed by atoms with Crippen LogP contribution < -0.4 is 20.1 Å². The molecule has 0 fully saturated rings. The monoisotopic (exact) mass is 456 g/mol. The maximum Gasteiger partial charge on any atom is 0.251 e. The zero-order valence-electron chi connectivity index (χ0n) is 19.1. The Balaban J connectivity index is 1.42. The van der Waals surface area contributed by atoms with Gasteiger partial charge in [0.05, 0.1) is 26.3 Å². The van der Waals surface area contributed by atoms with Crippen molar-refractivity contribution in [1.29, 1.82) is 0 Å². The van der Waals surface area contributed by atoms with Gasteiger partial charge in [0.15, 0.2) is 11.5 Å². The smallest absolute Gasteiger partial charge is 0.251 e. The van der Waals surface area contributed by atoms with Gasteiger partial charge in [-0.05, 0) is 36.1 Å². The molecule has 0 bridgehead atoms. The summed E-state index contributed by atoms with van der Waals surface area (Å²) in [5, 5.41) is 12.4. The molecule has 1 aromatic heterocycles. The van der Waals surface area contributed by atoms with E-state index in [4.69, 9.17) is 9.47 Å². The third-order valence-corrected chi connectivity index (χ3v) is 6.04. The molecule has 8 nitrogen and oxygen atoms in total. The van der Waals surface area contributed by atoms with Crippen molar-refractivity contribution in [3.8, 4) is 22.6 Å². The number of carbonyl (C=O) groups excluding carboxylic acids is 2. The Kier molecular flexibility index (Phi) is 5.41. The number of amides is 2. The van der Waals surface area contributed by atoms with Crippen LogP contribution in [-0.4, -0.2) is 35.8 Å². The number of methoxy groups -OCH3 is 2. The summed E-state index contributed by atoms with van der Waals surface area (Å²) in [6.45, 7) is 1.87. The lowest BCUT2D eigenvalue weighted by Crippen LogP contribution is -2.23. The van der Waals surface area contributed by atoms with Crippen molar-refractivity contribution >= 4 is 34.1 Å². The molecule has 0 saturated carbocycles. The number of ether oxygens (including phenoxy) is 2. The first-order chi connectivity index (χ1) is 16.5. The lowest BCUT2D eigenvalue weighted by Gasteiger charge is -2.12. The van der Waals surface area contributed by atoms with Crippen LogP contribution >= 0.6 is 0 Å². The number of anilines is 2. The molecule has 0 spiro atoms. The number of hydrogen-bond donors (Lipinski definition) is 2. The Morgan fingerprint density at radius 3 is 2.62 bits per heavy atom. The predicted molar refractivity (Wildman–Crippen MR) is 130 cm³/mol. The molecule has 4 aromatic rings. The van der Waals surface area contributed by atoms with E-state index in [0.29, 0.717) is 23.0 Å². The number of nitrogens with zero attached hydrogens (tertiary/aromatic N) is 2. The highest BCUT2D eigenvalue weighted by atomic mass is 16.5. The van der Waals surface area contributed by atoms with Crippen LogP contribution in [0.5, 0.6) is 11.5 Å². The van der Waals surface area contributed by atoms with Gasteiger partial charge >= 0.3 is 0 Å². The van der Waals surface area contributed by atoms with E-state index < -0.39 is 6.04 Å². The second kappa shape index (κ2) is 8.55. The Morgan fingerprint density at radius 2 is 1.82 bits per heavy atom. The second-order valence-electron chi connectivity index (χ2n) is 8.11. The number of nitrogens with one attached hydrogen (secondary N) is 2. The second-order valence-corrected chi connectivity index (χ2v) is 8.11. The van der Waals surface area contributed by atoms with Gasteiger partial charge in [-0.15, -0.1) is 0 Å². The Morgan fingerprint density at radius 1 is 1.06 bits per heavy atom. The van der Waals surface area contributed by atoms with Gasteiger partial charge in [-0.3, -0.25) is 9.59 Å². The zero-order chi connectivity index (χ0) is 23.8. The number of fused-ring (bicyclic) bond motifs is 2. The topological polar surface area (TPSA) is 94.5 Å². The maximum atomic E-state index is 12.9. The van der Waals surface area contributed by atoms with E-state index >= 15 is 0 Å². The molecule has 1 atom stereocenters. The quantitative estimate of drug-likeness (QED) is 0.444. The molecular weight excluding hydrogens is 432 g/mol. The third kappa shape index (κ3) is 3.63. The molecular formula is C26H24N4O4. The van der Waals surface area contributed by atoms with Gasteiger partial charge in [-0.25, -0.2) is 4.68 Å². The number of aromatic nitrogens is 2. The van der Waals surface area contributed by atoms with Gasteiger partial charge in [-0.2, -0.15) is 5.10 Å². The molecule has 1 unspecified atom stereocenters. The molecule has 0 radical (unpaired) electrons. The van der Waals surface area contributed by atoms with Gasteiger partial charge in [0, 0.05) is 16.6 Å². The fourth-order valence-corrected chi connectivity index (χ4v) is 4.43. The van der Waals surface area contributed by atoms with E-state index in [-0.39, 0.29) is 18.2 Å². The highest BCUT2D eigenvalue weighted by molar-refractivity contribution is 6.06. The van der Waals surface area contributed by atoms with Crippen LogP contribution in [0.4, 0.5) is 11.5 Å². The van der Waals surface area contributed by atoms with Crippen LogP contribution in [0, 0.1) is 6.92 Å². The van der Waals surface area contributed by atoms with Crippen molar-refractivity contribution in [2.24, 2.45) is 0 Å². The normalized spacial score (nSPS) is 14.6. The summed E-state index contributed by atoms with van der Waals surface area (Å²) >= 11 is 0. The molecule has 5 rings (SSSR count). The predicted octanol–water partition coefficient (Wildman–Crippen LogP) is 4.55. The first-order valence-electron chi connectivity index (χ1n) is 10.9. The highest BCUT2D eigenvalue weighted by Gasteiger charge is 2.36. The molecule has 1 aliphatic rings. The Labute approximate surface area is 196 Å². The maximum absolute atomic E-state index is 12.9. The standard InChI is InChI=1S/C26H24N4O4/c1-15-24(17-11-12-21(33-2)22(13-17)34-3)25-28-26(32)20(30(25)29-15)14-23(31)27-19-10-6-8-16-7-4-5-9-18(16)19/h4-13,20H,14H2,1-3H3,(H,27,31)(H,28,32). The molecule has 1 aliphatic heterocycles. The fourth-order valence-electron chi connectivity index (χ4n) is 4.43. The lowest BCUT2D eigenvalue weighted by molar-refractivity contribution is -0.123. The van der Waals surface area contributed by atoms with Crippen molar-refractivity contribution < 1.29 is 19.1 Å². The van der Waals surface area contributed by atoms with Crippen LogP contribution in [0.25, 0.3) is 21.9 Å².